The fourth-order valence-corrected chi connectivity index (χ4v) is 5.73. The summed E-state index contributed by atoms with van der Waals surface area (Å²) in [6, 6.07) is 8.76. The summed E-state index contributed by atoms with van der Waals surface area (Å²) >= 11 is 0. The molecule has 3 N–H and O–H groups in total. The minimum atomic E-state index is -1.20. The minimum absolute atomic E-state index is 0.0572. The van der Waals surface area contributed by atoms with Crippen molar-refractivity contribution < 1.29 is 38.3 Å². The summed E-state index contributed by atoms with van der Waals surface area (Å²) in [6.07, 6.45) is 0.278. The number of aliphatic carboxylic acids is 1. The first-order valence-electron chi connectivity index (χ1n) is 14.2. The number of nitrogens with one attached hydrogen (secondary N) is 2. The maximum absolute atomic E-state index is 14.0. The van der Waals surface area contributed by atoms with Crippen molar-refractivity contribution in [2.75, 3.05) is 45.9 Å². The van der Waals surface area contributed by atoms with E-state index in [-0.39, 0.29) is 42.4 Å². The van der Waals surface area contributed by atoms with E-state index in [0.717, 1.165) is 15.7 Å². The second-order valence-electron chi connectivity index (χ2n) is 11.2. The number of imide groups is 1. The van der Waals surface area contributed by atoms with E-state index in [1.54, 1.807) is 19.1 Å². The zero-order chi connectivity index (χ0) is 29.7. The van der Waals surface area contributed by atoms with Crippen molar-refractivity contribution >= 4 is 40.4 Å². The van der Waals surface area contributed by atoms with Gasteiger partial charge in [-0.05, 0) is 48.6 Å². The molecule has 0 aliphatic carbocycles. The molecule has 220 valence electrons. The van der Waals surface area contributed by atoms with Crippen LogP contribution in [0.25, 0.3) is 10.8 Å². The van der Waals surface area contributed by atoms with Gasteiger partial charge in [0.2, 0.25) is 0 Å². The third-order valence-corrected chi connectivity index (χ3v) is 7.82. The number of amides is 3. The number of fused-ring (bicyclic) bond motifs is 2. The Balaban J connectivity index is 1.52. The Bertz CT molecular complexity index is 1280. The van der Waals surface area contributed by atoms with Gasteiger partial charge in [-0.15, -0.1) is 0 Å². The number of quaternary nitrogens is 1. The molecule has 11 nitrogen and oxygen atoms in total. The van der Waals surface area contributed by atoms with Crippen LogP contribution in [0.15, 0.2) is 36.4 Å². The number of carboxylic acids is 1. The Morgan fingerprint density at radius 1 is 1.02 bits per heavy atom. The van der Waals surface area contributed by atoms with E-state index < -0.39 is 35.8 Å². The molecule has 2 aromatic rings. The van der Waals surface area contributed by atoms with Crippen LogP contribution in [-0.2, 0) is 19.1 Å². The Hall–Kier alpha value is -3.67. The first-order chi connectivity index (χ1) is 19.6. The van der Waals surface area contributed by atoms with Crippen LogP contribution in [0.3, 0.4) is 0 Å². The number of piperazine rings is 1. The van der Waals surface area contributed by atoms with Crippen molar-refractivity contribution in [3.8, 4) is 0 Å². The predicted molar refractivity (Wildman–Crippen MR) is 151 cm³/mol. The Labute approximate surface area is 239 Å². The van der Waals surface area contributed by atoms with Gasteiger partial charge in [-0.25, -0.2) is 14.1 Å². The quantitative estimate of drug-likeness (QED) is 0.199. The van der Waals surface area contributed by atoms with E-state index in [0.29, 0.717) is 43.7 Å². The van der Waals surface area contributed by atoms with Crippen LogP contribution in [-0.4, -0.2) is 102 Å². The smallest absolute Gasteiger partial charge is 0.362 e. The zero-order valence-corrected chi connectivity index (χ0v) is 23.9. The predicted octanol–water partition coefficient (Wildman–Crippen LogP) is 1.79. The number of hydrogen-bond donors (Lipinski definition) is 3. The lowest BCUT2D eigenvalue weighted by molar-refractivity contribution is -0.850. The number of hydrogen-bond acceptors (Lipinski definition) is 8. The fourth-order valence-electron chi connectivity index (χ4n) is 5.73. The van der Waals surface area contributed by atoms with Gasteiger partial charge >= 0.3 is 17.8 Å². The number of rotatable bonds is 12. The lowest BCUT2D eigenvalue weighted by Gasteiger charge is -2.41. The number of carbonyl (C=O) groups excluding carboxylic acids is 4. The fraction of sp³-hybridized carbons (Fsp3) is 0.500. The molecule has 41 heavy (non-hydrogen) atoms. The molecule has 2 aliphatic heterocycles. The first kappa shape index (κ1) is 30.3. The number of carbonyl (C=O) groups is 5. The van der Waals surface area contributed by atoms with Gasteiger partial charge in [0.05, 0.1) is 30.8 Å². The lowest BCUT2D eigenvalue weighted by Crippen LogP contribution is -2.68. The second-order valence-corrected chi connectivity index (χ2v) is 11.2. The van der Waals surface area contributed by atoms with Crippen molar-refractivity contribution in [3.05, 3.63) is 47.5 Å². The van der Waals surface area contributed by atoms with Crippen molar-refractivity contribution in [1.29, 1.82) is 0 Å². The van der Waals surface area contributed by atoms with E-state index in [2.05, 4.69) is 10.6 Å². The zero-order valence-electron chi connectivity index (χ0n) is 23.9. The van der Waals surface area contributed by atoms with Crippen LogP contribution >= 0.6 is 0 Å². The maximum atomic E-state index is 14.0. The summed E-state index contributed by atoms with van der Waals surface area (Å²) in [5.74, 6) is -2.79. The highest BCUT2D eigenvalue weighted by atomic mass is 16.5. The molecule has 0 spiro atoms. The van der Waals surface area contributed by atoms with Crippen LogP contribution in [0.1, 0.15) is 54.3 Å². The van der Waals surface area contributed by atoms with E-state index in [4.69, 9.17) is 4.74 Å². The van der Waals surface area contributed by atoms with Crippen LogP contribution < -0.4 is 10.6 Å². The average Bonchev–Trinajstić information content (AvgIpc) is 3.17. The lowest BCUT2D eigenvalue weighted by atomic mass is 9.99. The molecule has 1 fully saturated rings. The van der Waals surface area contributed by atoms with Gasteiger partial charge in [0, 0.05) is 19.6 Å². The molecule has 0 unspecified atom stereocenters. The highest BCUT2D eigenvalue weighted by molar-refractivity contribution is 6.23. The SMILES string of the molecule is CCOC(=O)C[N+]1(C(=O)[C@H](CC(C)C)N[C@H](CCN2C(=O)c3cc4ccccc4cc3C2=O)C(=O)O)CCNCC1. The van der Waals surface area contributed by atoms with Gasteiger partial charge in [0.15, 0.2) is 6.54 Å². The molecule has 2 atom stereocenters. The van der Waals surface area contributed by atoms with Gasteiger partial charge in [0.1, 0.15) is 12.1 Å². The monoisotopic (exact) mass is 567 g/mol. The molecule has 2 aromatic carbocycles. The number of nitrogens with zero attached hydrogens (tertiary/aromatic N) is 2. The van der Waals surface area contributed by atoms with Gasteiger partial charge in [-0.3, -0.25) is 24.6 Å². The molecular weight excluding hydrogens is 528 g/mol. The van der Waals surface area contributed by atoms with Crippen LogP contribution in [0, 0.1) is 5.92 Å². The van der Waals surface area contributed by atoms with Gasteiger partial charge in [0.25, 0.3) is 11.8 Å². The van der Waals surface area contributed by atoms with Crippen molar-refractivity contribution in [1.82, 2.24) is 15.5 Å². The Kier molecular flexibility index (Phi) is 9.52. The largest absolute Gasteiger partial charge is 0.480 e. The molecule has 0 bridgehead atoms. The maximum Gasteiger partial charge on any atom is 0.362 e. The standard InChI is InChI=1S/C30H38N4O7/c1-4-41-26(35)18-34(13-10-31-11-14-34)29(38)25(15-19(2)3)32-24(30(39)40)9-12-33-27(36)22-16-20-7-5-6-8-21(20)17-23(22)28(33)37/h5-8,16-17,19,24-25,31-32H,4,9-15,18H2,1-3H3/p+1/t24-,25+/m1/s1. The van der Waals surface area contributed by atoms with E-state index >= 15 is 0 Å². The van der Waals surface area contributed by atoms with Gasteiger partial charge in [-0.1, -0.05) is 38.1 Å². The highest BCUT2D eigenvalue weighted by Gasteiger charge is 2.46. The van der Waals surface area contributed by atoms with E-state index in [9.17, 15) is 29.1 Å². The molecule has 0 saturated carbocycles. The third kappa shape index (κ3) is 6.64. The Morgan fingerprint density at radius 2 is 1.61 bits per heavy atom. The molecule has 11 heteroatoms. The molecule has 0 radical (unpaired) electrons. The van der Waals surface area contributed by atoms with Crippen LogP contribution in [0.4, 0.5) is 0 Å². The molecule has 2 aliphatic rings. The summed E-state index contributed by atoms with van der Waals surface area (Å²) in [4.78, 5) is 66.2. The second kappa shape index (κ2) is 12.9. The minimum Gasteiger partial charge on any atom is -0.480 e. The van der Waals surface area contributed by atoms with Gasteiger partial charge in [-0.2, -0.15) is 0 Å². The van der Waals surface area contributed by atoms with Gasteiger partial charge < -0.3 is 15.2 Å². The summed E-state index contributed by atoms with van der Waals surface area (Å²) < 4.78 is 5.03. The summed E-state index contributed by atoms with van der Waals surface area (Å²) in [5, 5.41) is 18.0. The molecule has 4 rings (SSSR count). The third-order valence-electron chi connectivity index (χ3n) is 7.82. The highest BCUT2D eigenvalue weighted by Crippen LogP contribution is 2.28. The number of carboxylic acid groups (broad SMARTS) is 1. The summed E-state index contributed by atoms with van der Waals surface area (Å²) in [6.45, 7) is 7.39. The topological polar surface area (TPSA) is 142 Å². The van der Waals surface area contributed by atoms with Crippen molar-refractivity contribution in [2.45, 2.75) is 45.7 Å². The van der Waals surface area contributed by atoms with E-state index in [1.165, 1.54) is 0 Å². The number of benzene rings is 2. The first-order valence-corrected chi connectivity index (χ1v) is 14.2. The molecule has 2 heterocycles. The van der Waals surface area contributed by atoms with Crippen LogP contribution in [0.5, 0.6) is 0 Å². The summed E-state index contributed by atoms with van der Waals surface area (Å²) in [5.41, 5.74) is 0.594. The summed E-state index contributed by atoms with van der Waals surface area (Å²) in [7, 11) is 0. The molecule has 0 aromatic heterocycles. The van der Waals surface area contributed by atoms with Crippen molar-refractivity contribution in [2.24, 2.45) is 5.92 Å². The van der Waals surface area contributed by atoms with E-state index in [1.807, 2.05) is 38.1 Å². The Morgan fingerprint density at radius 3 is 2.12 bits per heavy atom. The normalized spacial score (nSPS) is 17.9. The van der Waals surface area contributed by atoms with Crippen molar-refractivity contribution in [3.63, 3.8) is 0 Å². The average molecular weight is 568 g/mol. The molecular formula is C30H39N4O7+. The van der Waals surface area contributed by atoms with Crippen LogP contribution in [0.2, 0.25) is 0 Å². The molecule has 3 amide bonds. The molecule has 1 saturated heterocycles. The number of ether oxygens (including phenoxy) is 1. The number of esters is 1.